The van der Waals surface area contributed by atoms with Crippen LogP contribution >= 0.6 is 27.3 Å². The molecule has 1 aromatic heterocycles. The summed E-state index contributed by atoms with van der Waals surface area (Å²) in [4.78, 5) is 1.38. The minimum Gasteiger partial charge on any atom is -0.330 e. The van der Waals surface area contributed by atoms with Crippen LogP contribution in [-0.4, -0.2) is 13.1 Å². The van der Waals surface area contributed by atoms with E-state index in [1.54, 1.807) is 11.3 Å². The maximum Gasteiger partial charge on any atom is 0.0701 e. The number of hydrogen-bond acceptors (Lipinski definition) is 3. The van der Waals surface area contributed by atoms with Crippen molar-refractivity contribution < 1.29 is 0 Å². The molecule has 0 saturated heterocycles. The molecule has 0 saturated carbocycles. The van der Waals surface area contributed by atoms with Crippen LogP contribution in [0.3, 0.4) is 0 Å². The average molecular weight is 291 g/mol. The highest BCUT2D eigenvalue weighted by Gasteiger charge is 2.03. The summed E-state index contributed by atoms with van der Waals surface area (Å²) < 4.78 is 1.20. The molecule has 2 nitrogen and oxygen atoms in total. The van der Waals surface area contributed by atoms with Crippen LogP contribution < -0.4 is 11.1 Å². The van der Waals surface area contributed by atoms with E-state index in [1.807, 2.05) is 0 Å². The van der Waals surface area contributed by atoms with Crippen molar-refractivity contribution in [3.63, 3.8) is 0 Å². The predicted molar refractivity (Wildman–Crippen MR) is 71.2 cm³/mol. The Kier molecular flexibility index (Phi) is 6.48. The summed E-state index contributed by atoms with van der Waals surface area (Å²) in [6.45, 7) is 5.04. The molecule has 86 valence electrons. The van der Waals surface area contributed by atoms with Crippen molar-refractivity contribution in [2.45, 2.75) is 26.3 Å². The van der Waals surface area contributed by atoms with Gasteiger partial charge in [-0.2, -0.15) is 0 Å². The molecule has 1 rings (SSSR count). The van der Waals surface area contributed by atoms with Crippen molar-refractivity contribution in [3.8, 4) is 0 Å². The van der Waals surface area contributed by atoms with E-state index in [0.717, 1.165) is 19.6 Å². The molecule has 0 aromatic carbocycles. The molecule has 3 N–H and O–H groups in total. The van der Waals surface area contributed by atoms with Gasteiger partial charge in [0.05, 0.1) is 3.79 Å². The second kappa shape index (κ2) is 7.39. The van der Waals surface area contributed by atoms with E-state index >= 15 is 0 Å². The third-order valence-corrected chi connectivity index (χ3v) is 4.19. The highest BCUT2D eigenvalue weighted by molar-refractivity contribution is 9.11. The highest BCUT2D eigenvalue weighted by Crippen LogP contribution is 2.21. The van der Waals surface area contributed by atoms with Gasteiger partial charge >= 0.3 is 0 Å². The van der Waals surface area contributed by atoms with Crippen molar-refractivity contribution in [3.05, 3.63) is 20.8 Å². The third-order valence-electron chi connectivity index (χ3n) is 2.57. The zero-order valence-corrected chi connectivity index (χ0v) is 11.5. The van der Waals surface area contributed by atoms with Gasteiger partial charge in [-0.25, -0.2) is 0 Å². The van der Waals surface area contributed by atoms with Crippen molar-refractivity contribution in [2.75, 3.05) is 13.1 Å². The minimum atomic E-state index is 0.674. The summed E-state index contributed by atoms with van der Waals surface area (Å²) >= 11 is 5.25. The average Bonchev–Trinajstić information content (AvgIpc) is 2.65. The highest BCUT2D eigenvalue weighted by atomic mass is 79.9. The molecule has 0 aliphatic heterocycles. The summed E-state index contributed by atoms with van der Waals surface area (Å²) in [5, 5.41) is 3.45. The number of thiophene rings is 1. The number of rotatable bonds is 7. The van der Waals surface area contributed by atoms with E-state index in [-0.39, 0.29) is 0 Å². The van der Waals surface area contributed by atoms with E-state index in [2.05, 4.69) is 40.3 Å². The van der Waals surface area contributed by atoms with Gasteiger partial charge in [0.15, 0.2) is 0 Å². The van der Waals surface area contributed by atoms with Crippen LogP contribution in [0.2, 0.25) is 0 Å². The molecule has 0 bridgehead atoms. The lowest BCUT2D eigenvalue weighted by Crippen LogP contribution is -2.21. The lowest BCUT2D eigenvalue weighted by molar-refractivity contribution is 0.461. The van der Waals surface area contributed by atoms with Crippen LogP contribution in [0.4, 0.5) is 0 Å². The van der Waals surface area contributed by atoms with Crippen LogP contribution in [0.25, 0.3) is 0 Å². The van der Waals surface area contributed by atoms with Crippen molar-refractivity contribution >= 4 is 27.3 Å². The predicted octanol–water partition coefficient (Wildman–Crippen LogP) is 2.98. The Morgan fingerprint density at radius 3 is 2.87 bits per heavy atom. The summed E-state index contributed by atoms with van der Waals surface area (Å²) in [5.41, 5.74) is 5.65. The van der Waals surface area contributed by atoms with E-state index in [1.165, 1.54) is 21.5 Å². The second-order valence-corrected chi connectivity index (χ2v) is 6.23. The van der Waals surface area contributed by atoms with Gasteiger partial charge in [-0.15, -0.1) is 11.3 Å². The Morgan fingerprint density at radius 1 is 1.53 bits per heavy atom. The maximum atomic E-state index is 5.65. The molecule has 0 spiro atoms. The van der Waals surface area contributed by atoms with Crippen LogP contribution in [0.5, 0.6) is 0 Å². The zero-order valence-electron chi connectivity index (χ0n) is 9.13. The first-order chi connectivity index (χ1) is 7.26. The Morgan fingerprint density at radius 2 is 2.33 bits per heavy atom. The molecule has 4 heteroatoms. The van der Waals surface area contributed by atoms with E-state index in [9.17, 15) is 0 Å². The maximum absolute atomic E-state index is 5.65. The van der Waals surface area contributed by atoms with E-state index in [0.29, 0.717) is 5.92 Å². The molecule has 0 fully saturated rings. The smallest absolute Gasteiger partial charge is 0.0701 e. The fourth-order valence-electron chi connectivity index (χ4n) is 1.45. The largest absolute Gasteiger partial charge is 0.330 e. The van der Waals surface area contributed by atoms with Gasteiger partial charge in [0.2, 0.25) is 0 Å². The number of nitrogens with two attached hydrogens (primary N) is 1. The van der Waals surface area contributed by atoms with Crippen molar-refractivity contribution in [1.82, 2.24) is 5.32 Å². The molecule has 0 aliphatic carbocycles. The lowest BCUT2D eigenvalue weighted by atomic mass is 10.0. The third kappa shape index (κ3) is 5.11. The minimum absolute atomic E-state index is 0.674. The van der Waals surface area contributed by atoms with Crippen LogP contribution in [0, 0.1) is 5.92 Å². The van der Waals surface area contributed by atoms with Crippen LogP contribution in [-0.2, 0) is 6.54 Å². The standard InChI is InChI=1S/C11H19BrN2S/c1-2-9(7-13)5-6-14-8-10-3-4-11(12)15-10/h3-4,9,14H,2,5-8,13H2,1H3. The van der Waals surface area contributed by atoms with Gasteiger partial charge in [-0.3, -0.25) is 0 Å². The SMILES string of the molecule is CCC(CN)CCNCc1ccc(Br)s1. The fourth-order valence-corrected chi connectivity index (χ4v) is 2.91. The van der Waals surface area contributed by atoms with Gasteiger partial charge in [-0.05, 0) is 53.5 Å². The Balaban J connectivity index is 2.11. The Bertz CT molecular complexity index is 271. The number of halogens is 1. The van der Waals surface area contributed by atoms with E-state index < -0.39 is 0 Å². The molecule has 0 amide bonds. The van der Waals surface area contributed by atoms with Gasteiger partial charge in [-0.1, -0.05) is 13.3 Å². The molecule has 0 aliphatic rings. The van der Waals surface area contributed by atoms with E-state index in [4.69, 9.17) is 5.73 Å². The number of hydrogen-bond donors (Lipinski definition) is 2. The summed E-state index contributed by atoms with van der Waals surface area (Å²) in [6, 6.07) is 4.25. The molecule has 15 heavy (non-hydrogen) atoms. The fraction of sp³-hybridized carbons (Fsp3) is 0.636. The molecular formula is C11H19BrN2S. The zero-order chi connectivity index (χ0) is 11.1. The van der Waals surface area contributed by atoms with Gasteiger partial charge in [0.25, 0.3) is 0 Å². The van der Waals surface area contributed by atoms with Crippen LogP contribution in [0.1, 0.15) is 24.6 Å². The molecule has 1 unspecified atom stereocenters. The molecule has 1 aromatic rings. The van der Waals surface area contributed by atoms with Gasteiger partial charge < -0.3 is 11.1 Å². The van der Waals surface area contributed by atoms with Crippen molar-refractivity contribution in [2.24, 2.45) is 11.7 Å². The molecular weight excluding hydrogens is 272 g/mol. The normalized spacial score (nSPS) is 13.0. The van der Waals surface area contributed by atoms with Gasteiger partial charge in [0.1, 0.15) is 0 Å². The van der Waals surface area contributed by atoms with Crippen LogP contribution in [0.15, 0.2) is 15.9 Å². The quantitative estimate of drug-likeness (QED) is 0.758. The Hall–Kier alpha value is 0.1000. The topological polar surface area (TPSA) is 38.0 Å². The molecule has 1 atom stereocenters. The molecule has 1 heterocycles. The summed E-state index contributed by atoms with van der Waals surface area (Å²) in [6.07, 6.45) is 2.36. The monoisotopic (exact) mass is 290 g/mol. The summed E-state index contributed by atoms with van der Waals surface area (Å²) in [5.74, 6) is 0.674. The van der Waals surface area contributed by atoms with Gasteiger partial charge in [0, 0.05) is 11.4 Å². The summed E-state index contributed by atoms with van der Waals surface area (Å²) in [7, 11) is 0. The number of nitrogens with one attached hydrogen (secondary N) is 1. The van der Waals surface area contributed by atoms with Crippen molar-refractivity contribution in [1.29, 1.82) is 0 Å². The first-order valence-electron chi connectivity index (χ1n) is 5.41. The second-order valence-electron chi connectivity index (χ2n) is 3.68. The molecule has 0 radical (unpaired) electrons. The lowest BCUT2D eigenvalue weighted by Gasteiger charge is -2.11. The first kappa shape index (κ1) is 13.2. The first-order valence-corrected chi connectivity index (χ1v) is 7.02. The Labute approximate surface area is 104 Å².